The minimum Gasteiger partial charge on any atom is -0.481 e. The molecular weight excluding hydrogens is 396 g/mol. The number of aliphatic carboxylic acids is 2. The van der Waals surface area contributed by atoms with Crippen LogP contribution < -0.4 is 16.4 Å². The third-order valence-electron chi connectivity index (χ3n) is 5.08. The van der Waals surface area contributed by atoms with E-state index in [2.05, 4.69) is 10.6 Å². The van der Waals surface area contributed by atoms with Crippen molar-refractivity contribution in [2.24, 2.45) is 17.6 Å². The van der Waals surface area contributed by atoms with Crippen LogP contribution in [0.5, 0.6) is 0 Å². The van der Waals surface area contributed by atoms with Gasteiger partial charge in [-0.2, -0.15) is 0 Å². The summed E-state index contributed by atoms with van der Waals surface area (Å²) in [6, 6.07) is -4.39. The maximum absolute atomic E-state index is 12.9. The van der Waals surface area contributed by atoms with Gasteiger partial charge in [0, 0.05) is 6.54 Å². The molecule has 1 fully saturated rings. The van der Waals surface area contributed by atoms with Gasteiger partial charge in [-0.3, -0.25) is 19.2 Å². The molecule has 0 aromatic rings. The molecule has 11 heteroatoms. The number of hydrogen-bond acceptors (Lipinski definition) is 6. The third kappa shape index (κ3) is 6.68. The van der Waals surface area contributed by atoms with Gasteiger partial charge in [0.2, 0.25) is 17.7 Å². The van der Waals surface area contributed by atoms with Gasteiger partial charge in [0.05, 0.1) is 12.5 Å². The van der Waals surface area contributed by atoms with Crippen molar-refractivity contribution in [2.75, 3.05) is 6.54 Å². The van der Waals surface area contributed by atoms with E-state index >= 15 is 0 Å². The highest BCUT2D eigenvalue weighted by Crippen LogP contribution is 2.20. The van der Waals surface area contributed by atoms with Crippen LogP contribution in [0.2, 0.25) is 0 Å². The van der Waals surface area contributed by atoms with Gasteiger partial charge < -0.3 is 31.5 Å². The SMILES string of the molecule is CC(C)C(N)C(=O)NC(CC(=O)O)C(=O)NC(C(=O)N1CCCC1C(=O)O)C(C)C. The number of carboxylic acids is 2. The Kier molecular flexibility index (Phi) is 9.22. The number of carboxylic acid groups (broad SMARTS) is 2. The topological polar surface area (TPSA) is 179 Å². The minimum atomic E-state index is -1.43. The zero-order valence-corrected chi connectivity index (χ0v) is 17.8. The van der Waals surface area contributed by atoms with Gasteiger partial charge in [0.1, 0.15) is 18.1 Å². The van der Waals surface area contributed by atoms with Crippen molar-refractivity contribution in [3.63, 3.8) is 0 Å². The van der Waals surface area contributed by atoms with Crippen LogP contribution in [0.25, 0.3) is 0 Å². The molecule has 4 unspecified atom stereocenters. The Hall–Kier alpha value is -2.69. The molecule has 0 aliphatic carbocycles. The fraction of sp³-hybridized carbons (Fsp3) is 0.737. The fourth-order valence-electron chi connectivity index (χ4n) is 3.19. The number of likely N-dealkylation sites (tertiary alicyclic amines) is 1. The lowest BCUT2D eigenvalue weighted by molar-refractivity contribution is -0.150. The number of carbonyl (C=O) groups is 5. The number of nitrogens with one attached hydrogen (secondary N) is 2. The lowest BCUT2D eigenvalue weighted by Crippen LogP contribution is -2.59. The zero-order valence-electron chi connectivity index (χ0n) is 17.8. The van der Waals surface area contributed by atoms with Crippen molar-refractivity contribution in [3.05, 3.63) is 0 Å². The second-order valence-electron chi connectivity index (χ2n) is 8.19. The normalized spacial score (nSPS) is 19.3. The average Bonchev–Trinajstić information content (AvgIpc) is 3.13. The lowest BCUT2D eigenvalue weighted by atomic mass is 10.0. The van der Waals surface area contributed by atoms with Crippen LogP contribution in [0.1, 0.15) is 47.0 Å². The number of hydrogen-bond donors (Lipinski definition) is 5. The second kappa shape index (κ2) is 10.9. The van der Waals surface area contributed by atoms with E-state index in [1.54, 1.807) is 27.7 Å². The van der Waals surface area contributed by atoms with E-state index < -0.39 is 66.2 Å². The van der Waals surface area contributed by atoms with Crippen LogP contribution in [0, 0.1) is 11.8 Å². The summed E-state index contributed by atoms with van der Waals surface area (Å²) in [6.45, 7) is 7.02. The highest BCUT2D eigenvalue weighted by Gasteiger charge is 2.39. The molecule has 170 valence electrons. The first kappa shape index (κ1) is 25.3. The Morgan fingerprint density at radius 1 is 1.00 bits per heavy atom. The average molecular weight is 428 g/mol. The highest BCUT2D eigenvalue weighted by atomic mass is 16.4. The predicted molar refractivity (Wildman–Crippen MR) is 106 cm³/mol. The summed E-state index contributed by atoms with van der Waals surface area (Å²) in [5.41, 5.74) is 5.76. The Morgan fingerprint density at radius 3 is 2.07 bits per heavy atom. The monoisotopic (exact) mass is 428 g/mol. The van der Waals surface area contributed by atoms with E-state index in [0.29, 0.717) is 12.8 Å². The first-order valence-corrected chi connectivity index (χ1v) is 9.98. The van der Waals surface area contributed by atoms with Gasteiger partial charge >= 0.3 is 11.9 Å². The van der Waals surface area contributed by atoms with E-state index in [9.17, 15) is 29.1 Å². The van der Waals surface area contributed by atoms with Gasteiger partial charge in [-0.15, -0.1) is 0 Å². The number of carbonyl (C=O) groups excluding carboxylic acids is 3. The smallest absolute Gasteiger partial charge is 0.326 e. The van der Waals surface area contributed by atoms with Gasteiger partial charge in [-0.25, -0.2) is 4.79 Å². The summed E-state index contributed by atoms with van der Waals surface area (Å²) in [6.07, 6.45) is 0.166. The largest absolute Gasteiger partial charge is 0.481 e. The summed E-state index contributed by atoms with van der Waals surface area (Å²) in [4.78, 5) is 61.7. The molecule has 0 aromatic carbocycles. The number of nitrogens with zero attached hydrogens (tertiary/aromatic N) is 1. The molecule has 30 heavy (non-hydrogen) atoms. The summed E-state index contributed by atoms with van der Waals surface area (Å²) in [7, 11) is 0. The Bertz CT molecular complexity index is 680. The van der Waals surface area contributed by atoms with Crippen LogP contribution in [-0.2, 0) is 24.0 Å². The van der Waals surface area contributed by atoms with Gasteiger partial charge in [-0.1, -0.05) is 27.7 Å². The van der Waals surface area contributed by atoms with Crippen molar-refractivity contribution in [1.29, 1.82) is 0 Å². The Labute approximate surface area is 175 Å². The molecule has 0 aromatic heterocycles. The third-order valence-corrected chi connectivity index (χ3v) is 5.08. The van der Waals surface area contributed by atoms with Crippen molar-refractivity contribution in [3.8, 4) is 0 Å². The maximum Gasteiger partial charge on any atom is 0.326 e. The Morgan fingerprint density at radius 2 is 1.60 bits per heavy atom. The molecule has 0 bridgehead atoms. The van der Waals surface area contributed by atoms with Gasteiger partial charge in [-0.05, 0) is 24.7 Å². The lowest BCUT2D eigenvalue weighted by Gasteiger charge is -2.30. The molecule has 4 atom stereocenters. The molecule has 0 saturated carbocycles. The van der Waals surface area contributed by atoms with Crippen molar-refractivity contribution in [2.45, 2.75) is 71.1 Å². The maximum atomic E-state index is 12.9. The summed E-state index contributed by atoms with van der Waals surface area (Å²) >= 11 is 0. The van der Waals surface area contributed by atoms with E-state index in [4.69, 9.17) is 10.8 Å². The summed E-state index contributed by atoms with van der Waals surface area (Å²) < 4.78 is 0. The number of rotatable bonds is 10. The molecule has 1 rings (SSSR count). The van der Waals surface area contributed by atoms with Gasteiger partial charge in [0.15, 0.2) is 0 Å². The first-order valence-electron chi connectivity index (χ1n) is 9.98. The fourth-order valence-corrected chi connectivity index (χ4v) is 3.19. The zero-order chi connectivity index (χ0) is 23.2. The minimum absolute atomic E-state index is 0.230. The van der Waals surface area contributed by atoms with Crippen LogP contribution in [0.15, 0.2) is 0 Å². The molecule has 6 N–H and O–H groups in total. The van der Waals surface area contributed by atoms with Crippen molar-refractivity contribution >= 4 is 29.7 Å². The van der Waals surface area contributed by atoms with Crippen LogP contribution in [-0.4, -0.2) is 75.5 Å². The van der Waals surface area contributed by atoms with Crippen LogP contribution >= 0.6 is 0 Å². The molecular formula is C19H32N4O7. The first-order chi connectivity index (χ1) is 13.9. The molecule has 3 amide bonds. The summed E-state index contributed by atoms with van der Waals surface area (Å²) in [5, 5.41) is 23.2. The Balaban J connectivity index is 2.98. The molecule has 0 radical (unpaired) electrons. The summed E-state index contributed by atoms with van der Waals surface area (Å²) in [5.74, 6) is -5.13. The van der Waals surface area contributed by atoms with E-state index in [1.807, 2.05) is 0 Å². The molecule has 1 aliphatic rings. The standard InChI is InChI=1S/C19H32N4O7/c1-9(2)14(20)17(27)21-11(8-13(24)25)16(26)22-15(10(3)4)18(28)23-7-5-6-12(23)19(29)30/h9-12,14-15H,5-8,20H2,1-4H3,(H,21,27)(H,22,26)(H,24,25)(H,29,30). The van der Waals surface area contributed by atoms with Crippen molar-refractivity contribution in [1.82, 2.24) is 15.5 Å². The van der Waals surface area contributed by atoms with Crippen LogP contribution in [0.3, 0.4) is 0 Å². The van der Waals surface area contributed by atoms with Crippen molar-refractivity contribution < 1.29 is 34.2 Å². The van der Waals surface area contributed by atoms with Gasteiger partial charge in [0.25, 0.3) is 0 Å². The van der Waals surface area contributed by atoms with E-state index in [1.165, 1.54) is 4.90 Å². The van der Waals surface area contributed by atoms with Crippen LogP contribution in [0.4, 0.5) is 0 Å². The molecule has 11 nitrogen and oxygen atoms in total. The highest BCUT2D eigenvalue weighted by molar-refractivity contribution is 5.95. The van der Waals surface area contributed by atoms with E-state index in [-0.39, 0.29) is 12.5 Å². The molecule has 1 saturated heterocycles. The molecule has 1 aliphatic heterocycles. The second-order valence-corrected chi connectivity index (χ2v) is 8.19. The van der Waals surface area contributed by atoms with E-state index in [0.717, 1.165) is 0 Å². The molecule has 1 heterocycles. The number of nitrogens with two attached hydrogens (primary N) is 1. The number of amides is 3. The predicted octanol–water partition coefficient (Wildman–Crippen LogP) is -0.854. The molecule has 0 spiro atoms. The quantitative estimate of drug-likeness (QED) is 0.298.